The first-order chi connectivity index (χ1) is 5.86. The van der Waals surface area contributed by atoms with Crippen LogP contribution < -0.4 is 0 Å². The van der Waals surface area contributed by atoms with Gasteiger partial charge < -0.3 is 0 Å². The standard InChI is InChI=1S/C11H10O/c12-11-8-5-7(6-8)9-3-1-2-4-10(9)11/h1-4,7-8H,5-6H2. The lowest BCUT2D eigenvalue weighted by molar-refractivity contribution is 0.0792. The molecule has 0 N–H and O–H groups in total. The third-order valence-electron chi connectivity index (χ3n) is 3.17. The number of carbonyl (C=O) groups is 1. The molecule has 1 saturated carbocycles. The number of hydrogen-bond donors (Lipinski definition) is 0. The van der Waals surface area contributed by atoms with E-state index in [1.54, 1.807) is 0 Å². The van der Waals surface area contributed by atoms with Gasteiger partial charge in [0.1, 0.15) is 0 Å². The van der Waals surface area contributed by atoms with E-state index in [1.165, 1.54) is 5.56 Å². The number of rotatable bonds is 0. The molecule has 3 aliphatic rings. The van der Waals surface area contributed by atoms with Gasteiger partial charge >= 0.3 is 0 Å². The van der Waals surface area contributed by atoms with Gasteiger partial charge in [0, 0.05) is 11.5 Å². The van der Waals surface area contributed by atoms with Crippen molar-refractivity contribution in [3.8, 4) is 0 Å². The first kappa shape index (κ1) is 6.41. The van der Waals surface area contributed by atoms with Crippen molar-refractivity contribution < 1.29 is 4.79 Å². The average molecular weight is 158 g/mol. The van der Waals surface area contributed by atoms with Crippen LogP contribution in [0.1, 0.15) is 34.7 Å². The van der Waals surface area contributed by atoms with Gasteiger partial charge in [0.15, 0.2) is 5.78 Å². The molecule has 0 heterocycles. The minimum atomic E-state index is 0.366. The van der Waals surface area contributed by atoms with Crippen molar-refractivity contribution in [3.05, 3.63) is 35.4 Å². The number of benzene rings is 1. The highest BCUT2D eigenvalue weighted by atomic mass is 16.1. The summed E-state index contributed by atoms with van der Waals surface area (Å²) < 4.78 is 0. The summed E-state index contributed by atoms with van der Waals surface area (Å²) in [6.45, 7) is 0. The predicted octanol–water partition coefficient (Wildman–Crippen LogP) is 2.38. The van der Waals surface area contributed by atoms with Crippen LogP contribution in [0.4, 0.5) is 0 Å². The summed E-state index contributed by atoms with van der Waals surface area (Å²) >= 11 is 0. The van der Waals surface area contributed by atoms with Gasteiger partial charge in [0.2, 0.25) is 0 Å². The number of ketones is 1. The van der Waals surface area contributed by atoms with E-state index >= 15 is 0 Å². The molecule has 0 amide bonds. The molecule has 2 bridgehead atoms. The molecule has 12 heavy (non-hydrogen) atoms. The van der Waals surface area contributed by atoms with Gasteiger partial charge in [-0.25, -0.2) is 0 Å². The second-order valence-electron chi connectivity index (χ2n) is 3.82. The summed E-state index contributed by atoms with van der Waals surface area (Å²) in [7, 11) is 0. The van der Waals surface area contributed by atoms with Crippen LogP contribution in [0.2, 0.25) is 0 Å². The van der Waals surface area contributed by atoms with Gasteiger partial charge in [-0.2, -0.15) is 0 Å². The Hall–Kier alpha value is -1.11. The summed E-state index contributed by atoms with van der Waals surface area (Å²) in [5.41, 5.74) is 2.29. The molecule has 0 unspecified atom stereocenters. The Kier molecular flexibility index (Phi) is 1.06. The molecule has 4 rings (SSSR count). The zero-order valence-electron chi connectivity index (χ0n) is 6.79. The topological polar surface area (TPSA) is 17.1 Å². The molecule has 0 saturated heterocycles. The van der Waals surface area contributed by atoms with Crippen LogP contribution in [0.15, 0.2) is 24.3 Å². The van der Waals surface area contributed by atoms with Crippen molar-refractivity contribution in [1.82, 2.24) is 0 Å². The van der Waals surface area contributed by atoms with Crippen LogP contribution >= 0.6 is 0 Å². The monoisotopic (exact) mass is 158 g/mol. The van der Waals surface area contributed by atoms with E-state index in [9.17, 15) is 4.79 Å². The smallest absolute Gasteiger partial charge is 0.166 e. The first-order valence-electron chi connectivity index (χ1n) is 4.49. The molecule has 1 nitrogen and oxygen atoms in total. The average Bonchev–Trinajstić information content (AvgIpc) is 2.02. The zero-order valence-corrected chi connectivity index (χ0v) is 6.79. The summed E-state index contributed by atoms with van der Waals surface area (Å²) in [5.74, 6) is 1.45. The Labute approximate surface area is 71.4 Å². The Morgan fingerprint density at radius 1 is 1.08 bits per heavy atom. The summed E-state index contributed by atoms with van der Waals surface area (Å²) in [6.07, 6.45) is 2.21. The Bertz CT molecular complexity index is 348. The molecular formula is C11H10O. The van der Waals surface area contributed by atoms with Gasteiger partial charge in [-0.05, 0) is 24.3 Å². The van der Waals surface area contributed by atoms with E-state index in [4.69, 9.17) is 0 Å². The van der Waals surface area contributed by atoms with Gasteiger partial charge in [-0.3, -0.25) is 4.79 Å². The second kappa shape index (κ2) is 1.98. The van der Waals surface area contributed by atoms with Gasteiger partial charge in [-0.1, -0.05) is 24.3 Å². The van der Waals surface area contributed by atoms with Gasteiger partial charge in [0.25, 0.3) is 0 Å². The zero-order chi connectivity index (χ0) is 8.13. The van der Waals surface area contributed by atoms with Crippen molar-refractivity contribution in [2.24, 2.45) is 5.92 Å². The summed E-state index contributed by atoms with van der Waals surface area (Å²) in [5, 5.41) is 0. The van der Waals surface area contributed by atoms with E-state index < -0.39 is 0 Å². The highest BCUT2D eigenvalue weighted by molar-refractivity contribution is 6.02. The molecule has 0 aromatic heterocycles. The predicted molar refractivity (Wildman–Crippen MR) is 46.2 cm³/mol. The second-order valence-corrected chi connectivity index (χ2v) is 3.82. The molecule has 0 aliphatic heterocycles. The van der Waals surface area contributed by atoms with Gasteiger partial charge in [-0.15, -0.1) is 0 Å². The number of carbonyl (C=O) groups excluding carboxylic acids is 1. The van der Waals surface area contributed by atoms with Crippen molar-refractivity contribution in [2.75, 3.05) is 0 Å². The van der Waals surface area contributed by atoms with Crippen LogP contribution in [-0.2, 0) is 0 Å². The minimum absolute atomic E-state index is 0.366. The van der Waals surface area contributed by atoms with Crippen LogP contribution in [0.25, 0.3) is 0 Å². The van der Waals surface area contributed by atoms with Crippen LogP contribution in [0.5, 0.6) is 0 Å². The normalized spacial score (nSPS) is 30.8. The Morgan fingerprint density at radius 2 is 1.83 bits per heavy atom. The summed E-state index contributed by atoms with van der Waals surface area (Å²) in [4.78, 5) is 11.7. The highest BCUT2D eigenvalue weighted by Crippen LogP contribution is 2.49. The largest absolute Gasteiger partial charge is 0.294 e. The molecule has 1 heteroatoms. The summed E-state index contributed by atoms with van der Waals surface area (Å²) in [6, 6.07) is 8.06. The van der Waals surface area contributed by atoms with E-state index in [0.29, 0.717) is 17.6 Å². The Morgan fingerprint density at radius 3 is 2.58 bits per heavy atom. The lowest BCUT2D eigenvalue weighted by Gasteiger charge is -2.40. The fourth-order valence-corrected chi connectivity index (χ4v) is 2.38. The first-order valence-corrected chi connectivity index (χ1v) is 4.49. The fourth-order valence-electron chi connectivity index (χ4n) is 2.38. The third-order valence-corrected chi connectivity index (χ3v) is 3.17. The number of Topliss-reactive ketones (excluding diaryl/α,β-unsaturated/α-hetero) is 1. The highest BCUT2D eigenvalue weighted by Gasteiger charge is 2.42. The number of hydrogen-bond acceptors (Lipinski definition) is 1. The van der Waals surface area contributed by atoms with E-state index in [1.807, 2.05) is 18.2 Å². The maximum Gasteiger partial charge on any atom is 0.166 e. The lowest BCUT2D eigenvalue weighted by atomic mass is 9.62. The van der Waals surface area contributed by atoms with Crippen LogP contribution in [0, 0.1) is 5.92 Å². The van der Waals surface area contributed by atoms with E-state index in [0.717, 1.165) is 18.4 Å². The van der Waals surface area contributed by atoms with Crippen molar-refractivity contribution in [2.45, 2.75) is 18.8 Å². The quantitative estimate of drug-likeness (QED) is 0.566. The van der Waals surface area contributed by atoms with Crippen LogP contribution in [0.3, 0.4) is 0 Å². The Balaban J connectivity index is 2.24. The molecule has 3 aliphatic carbocycles. The molecule has 0 radical (unpaired) electrons. The van der Waals surface area contributed by atoms with E-state index in [2.05, 4.69) is 6.07 Å². The molecule has 60 valence electrons. The van der Waals surface area contributed by atoms with Crippen molar-refractivity contribution in [3.63, 3.8) is 0 Å². The molecule has 0 atom stereocenters. The molecular weight excluding hydrogens is 148 g/mol. The minimum Gasteiger partial charge on any atom is -0.294 e. The van der Waals surface area contributed by atoms with E-state index in [-0.39, 0.29) is 0 Å². The molecule has 1 aromatic carbocycles. The molecule has 0 spiro atoms. The maximum absolute atomic E-state index is 11.7. The third kappa shape index (κ3) is 0.619. The lowest BCUT2D eigenvalue weighted by Crippen LogP contribution is -2.35. The molecule has 1 fully saturated rings. The molecule has 1 aromatic rings. The van der Waals surface area contributed by atoms with Crippen molar-refractivity contribution >= 4 is 5.78 Å². The fraction of sp³-hybridized carbons (Fsp3) is 0.364. The van der Waals surface area contributed by atoms with Gasteiger partial charge in [0.05, 0.1) is 0 Å². The van der Waals surface area contributed by atoms with Crippen molar-refractivity contribution in [1.29, 1.82) is 0 Å². The maximum atomic E-state index is 11.7. The SMILES string of the molecule is O=C1c2ccccc2C2CC1C2. The van der Waals surface area contributed by atoms with Crippen LogP contribution in [-0.4, -0.2) is 5.78 Å².